The summed E-state index contributed by atoms with van der Waals surface area (Å²) in [5.74, 6) is -0.207. The highest BCUT2D eigenvalue weighted by atomic mass is 35.6. The van der Waals surface area contributed by atoms with E-state index in [4.69, 9.17) is 54.5 Å². The molecule has 0 amide bonds. The fraction of sp³-hybridized carbons (Fsp3) is 0.750. The van der Waals surface area contributed by atoms with Crippen LogP contribution in [0.2, 0.25) is 0 Å². The van der Waals surface area contributed by atoms with Crippen LogP contribution in [0.25, 0.3) is 0 Å². The first-order valence-corrected chi connectivity index (χ1v) is 5.64. The minimum Gasteiger partial charge on any atom is -0.455 e. The molecule has 6 nitrogen and oxygen atoms in total. The third-order valence-corrected chi connectivity index (χ3v) is 2.55. The lowest BCUT2D eigenvalue weighted by atomic mass is 10.1. The molecule has 17 heavy (non-hydrogen) atoms. The van der Waals surface area contributed by atoms with Gasteiger partial charge in [0.15, 0.2) is 5.76 Å². The van der Waals surface area contributed by atoms with Gasteiger partial charge in [0.1, 0.15) is 24.6 Å². The average Bonchev–Trinajstić information content (AvgIpc) is 2.74. The maximum absolute atomic E-state index is 9.58. The second-order valence-corrected chi connectivity index (χ2v) is 5.70. The van der Waals surface area contributed by atoms with Gasteiger partial charge < -0.3 is 29.9 Å². The Morgan fingerprint density at radius 2 is 1.88 bits per heavy atom. The Bertz CT molecular complexity index is 291. The van der Waals surface area contributed by atoms with Crippen molar-refractivity contribution in [2.45, 2.75) is 28.4 Å². The monoisotopic (exact) mass is 308 g/mol. The zero-order valence-corrected chi connectivity index (χ0v) is 10.6. The number of rotatable bonds is 4. The average molecular weight is 310 g/mol. The van der Waals surface area contributed by atoms with Crippen molar-refractivity contribution in [2.75, 3.05) is 6.61 Å². The van der Waals surface area contributed by atoms with E-state index in [1.165, 1.54) is 0 Å². The highest BCUT2D eigenvalue weighted by Gasteiger charge is 2.42. The van der Waals surface area contributed by atoms with Crippen molar-refractivity contribution in [1.82, 2.24) is 0 Å². The van der Waals surface area contributed by atoms with Crippen LogP contribution in [0, 0.1) is 0 Å². The Morgan fingerprint density at radius 3 is 2.29 bits per heavy atom. The molecular formula is C8H11Cl3O6. The molecule has 1 heterocycles. The molecule has 0 bridgehead atoms. The highest BCUT2D eigenvalue weighted by Crippen LogP contribution is 2.37. The van der Waals surface area contributed by atoms with E-state index in [0.717, 1.165) is 6.26 Å². The smallest absolute Gasteiger partial charge is 0.287 e. The van der Waals surface area contributed by atoms with Gasteiger partial charge in [0, 0.05) is 0 Å². The molecule has 0 saturated carbocycles. The van der Waals surface area contributed by atoms with E-state index < -0.39 is 35.0 Å². The maximum Gasteiger partial charge on any atom is 0.287 e. The van der Waals surface area contributed by atoms with E-state index in [9.17, 15) is 10.2 Å². The summed E-state index contributed by atoms with van der Waals surface area (Å²) < 4.78 is 7.90. The SMILES string of the molecule is OCC(O)C(O)C(O)C1=COC(C(Cl)(Cl)Cl)O1. The molecule has 1 rings (SSSR count). The standard InChI is InChI=1S/C8H11Cl3O6/c9-8(10,11)7-16-2-4(17-7)6(15)5(14)3(13)1-12/h2-3,5-7,12-15H,1H2. The molecule has 0 aromatic carbocycles. The van der Waals surface area contributed by atoms with Crippen molar-refractivity contribution in [3.8, 4) is 0 Å². The molecule has 0 fully saturated rings. The number of alkyl halides is 3. The Kier molecular flexibility index (Phi) is 5.15. The Morgan fingerprint density at radius 1 is 1.29 bits per heavy atom. The minimum atomic E-state index is -1.86. The number of aliphatic hydroxyl groups is 4. The number of aliphatic hydroxyl groups excluding tert-OH is 4. The van der Waals surface area contributed by atoms with E-state index in [1.54, 1.807) is 0 Å². The first-order chi connectivity index (χ1) is 7.77. The molecule has 1 aliphatic rings. The minimum absolute atomic E-state index is 0.207. The molecule has 0 spiro atoms. The summed E-state index contributed by atoms with van der Waals surface area (Å²) in [4.78, 5) is 0. The molecule has 1 aliphatic heterocycles. The molecule has 100 valence electrons. The molecule has 0 saturated heterocycles. The Hall–Kier alpha value is 0.0500. The van der Waals surface area contributed by atoms with Crippen molar-refractivity contribution >= 4 is 34.8 Å². The summed E-state index contributed by atoms with van der Waals surface area (Å²) >= 11 is 16.5. The number of halogens is 3. The lowest BCUT2D eigenvalue weighted by molar-refractivity contribution is -0.0934. The molecule has 0 aliphatic carbocycles. The molecular weight excluding hydrogens is 298 g/mol. The van der Waals surface area contributed by atoms with Gasteiger partial charge >= 0.3 is 0 Å². The molecule has 4 unspecified atom stereocenters. The van der Waals surface area contributed by atoms with Crippen LogP contribution in [0.5, 0.6) is 0 Å². The van der Waals surface area contributed by atoms with Crippen LogP contribution < -0.4 is 0 Å². The largest absolute Gasteiger partial charge is 0.455 e. The lowest BCUT2D eigenvalue weighted by Crippen LogP contribution is -2.41. The van der Waals surface area contributed by atoms with Gasteiger partial charge in [-0.3, -0.25) is 0 Å². The van der Waals surface area contributed by atoms with Gasteiger partial charge in [-0.15, -0.1) is 0 Å². The fourth-order valence-corrected chi connectivity index (χ4v) is 1.37. The summed E-state index contributed by atoms with van der Waals surface area (Å²) in [5, 5.41) is 36.7. The van der Waals surface area contributed by atoms with Crippen LogP contribution >= 0.6 is 34.8 Å². The third kappa shape index (κ3) is 3.75. The van der Waals surface area contributed by atoms with Crippen LogP contribution in [0.4, 0.5) is 0 Å². The predicted molar refractivity (Wildman–Crippen MR) is 59.4 cm³/mol. The van der Waals surface area contributed by atoms with Crippen molar-refractivity contribution < 1.29 is 29.9 Å². The molecule has 0 aromatic rings. The summed E-state index contributed by atoms with van der Waals surface area (Å²) in [6, 6.07) is 0. The third-order valence-electron chi connectivity index (χ3n) is 2.01. The van der Waals surface area contributed by atoms with Crippen LogP contribution in [-0.4, -0.2) is 55.4 Å². The summed E-state index contributed by atoms with van der Waals surface area (Å²) in [7, 11) is 0. The zero-order chi connectivity index (χ0) is 13.2. The Labute approximate surface area is 112 Å². The van der Waals surface area contributed by atoms with Crippen molar-refractivity contribution in [2.24, 2.45) is 0 Å². The zero-order valence-electron chi connectivity index (χ0n) is 8.33. The van der Waals surface area contributed by atoms with E-state index in [2.05, 4.69) is 0 Å². The van der Waals surface area contributed by atoms with E-state index >= 15 is 0 Å². The second kappa shape index (κ2) is 5.79. The normalized spacial score (nSPS) is 25.6. The fourth-order valence-electron chi connectivity index (χ4n) is 1.08. The van der Waals surface area contributed by atoms with Crippen LogP contribution in [-0.2, 0) is 9.47 Å². The van der Waals surface area contributed by atoms with Gasteiger partial charge in [-0.1, -0.05) is 34.8 Å². The topological polar surface area (TPSA) is 99.4 Å². The lowest BCUT2D eigenvalue weighted by Gasteiger charge is -2.23. The number of hydrogen-bond donors (Lipinski definition) is 4. The van der Waals surface area contributed by atoms with E-state index in [1.807, 2.05) is 0 Å². The highest BCUT2D eigenvalue weighted by molar-refractivity contribution is 6.67. The van der Waals surface area contributed by atoms with E-state index in [-0.39, 0.29) is 5.76 Å². The molecule has 4 N–H and O–H groups in total. The summed E-state index contributed by atoms with van der Waals surface area (Å²) in [6.07, 6.45) is -5.07. The number of hydrogen-bond acceptors (Lipinski definition) is 6. The van der Waals surface area contributed by atoms with Gasteiger partial charge in [-0.25, -0.2) is 0 Å². The predicted octanol–water partition coefficient (Wildman–Crippen LogP) is -0.354. The van der Waals surface area contributed by atoms with Crippen LogP contribution in [0.3, 0.4) is 0 Å². The van der Waals surface area contributed by atoms with Gasteiger partial charge in [0.05, 0.1) is 6.61 Å². The van der Waals surface area contributed by atoms with Crippen LogP contribution in [0.15, 0.2) is 12.0 Å². The van der Waals surface area contributed by atoms with Gasteiger partial charge in [-0.2, -0.15) is 0 Å². The van der Waals surface area contributed by atoms with Gasteiger partial charge in [-0.05, 0) is 0 Å². The quantitative estimate of drug-likeness (QED) is 0.530. The molecule has 9 heteroatoms. The Balaban J connectivity index is 2.59. The molecule has 0 radical (unpaired) electrons. The van der Waals surface area contributed by atoms with Gasteiger partial charge in [0.2, 0.25) is 0 Å². The first kappa shape index (κ1) is 15.1. The second-order valence-electron chi connectivity index (χ2n) is 3.33. The summed E-state index contributed by atoms with van der Waals surface area (Å²) in [6.45, 7) is -0.722. The maximum atomic E-state index is 9.58. The number of ether oxygens (including phenoxy) is 2. The van der Waals surface area contributed by atoms with E-state index in [0.29, 0.717) is 0 Å². The van der Waals surface area contributed by atoms with Crippen molar-refractivity contribution in [3.63, 3.8) is 0 Å². The molecule has 4 atom stereocenters. The first-order valence-electron chi connectivity index (χ1n) is 4.51. The molecule has 0 aromatic heterocycles. The summed E-state index contributed by atoms with van der Waals surface area (Å²) in [5.41, 5.74) is 0. The van der Waals surface area contributed by atoms with Crippen molar-refractivity contribution in [3.05, 3.63) is 12.0 Å². The van der Waals surface area contributed by atoms with Crippen LogP contribution in [0.1, 0.15) is 0 Å². The van der Waals surface area contributed by atoms with Gasteiger partial charge in [0.25, 0.3) is 10.1 Å². The van der Waals surface area contributed by atoms with Crippen molar-refractivity contribution in [1.29, 1.82) is 0 Å².